The number of hydrogen-bond donors (Lipinski definition) is 0. The first-order valence-corrected chi connectivity index (χ1v) is 6.26. The Kier molecular flexibility index (Phi) is 4.12. The van der Waals surface area contributed by atoms with Gasteiger partial charge < -0.3 is 4.74 Å². The van der Waals surface area contributed by atoms with E-state index in [0.29, 0.717) is 28.7 Å². The Hall–Kier alpha value is -1.94. The number of rotatable bonds is 3. The highest BCUT2D eigenvalue weighted by molar-refractivity contribution is 6.30. The molecule has 1 aromatic carbocycles. The molecule has 0 fully saturated rings. The highest BCUT2D eigenvalue weighted by atomic mass is 35.5. The number of benzene rings is 1. The molecule has 0 atom stereocenters. The van der Waals surface area contributed by atoms with Crippen LogP contribution in [0.2, 0.25) is 5.02 Å². The lowest BCUT2D eigenvalue weighted by Crippen LogP contribution is -2.10. The predicted octanol–water partition coefficient (Wildman–Crippen LogP) is 3.28. The summed E-state index contributed by atoms with van der Waals surface area (Å²) in [6.07, 6.45) is 1.61. The fourth-order valence-corrected chi connectivity index (χ4v) is 1.71. The summed E-state index contributed by atoms with van der Waals surface area (Å²) >= 11 is 5.83. The average molecular weight is 277 g/mol. The number of ether oxygens (including phenoxy) is 1. The summed E-state index contributed by atoms with van der Waals surface area (Å²) in [6, 6.07) is 7.12. The van der Waals surface area contributed by atoms with Crippen LogP contribution in [0.25, 0.3) is 11.4 Å². The lowest BCUT2D eigenvalue weighted by Gasteiger charge is -2.06. The van der Waals surface area contributed by atoms with E-state index in [9.17, 15) is 4.79 Å². The Labute approximate surface area is 116 Å². The molecule has 0 aliphatic rings. The third-order valence-corrected chi connectivity index (χ3v) is 2.79. The summed E-state index contributed by atoms with van der Waals surface area (Å²) in [5.74, 6) is 0.0444. The van der Waals surface area contributed by atoms with E-state index < -0.39 is 5.97 Å². The molecule has 0 saturated carbocycles. The van der Waals surface area contributed by atoms with Gasteiger partial charge >= 0.3 is 5.97 Å². The first-order valence-electron chi connectivity index (χ1n) is 5.88. The van der Waals surface area contributed by atoms with Crippen molar-refractivity contribution in [2.75, 3.05) is 6.61 Å². The third kappa shape index (κ3) is 3.09. The van der Waals surface area contributed by atoms with Crippen LogP contribution in [0.3, 0.4) is 0 Å². The van der Waals surface area contributed by atoms with Gasteiger partial charge in [-0.25, -0.2) is 14.8 Å². The van der Waals surface area contributed by atoms with Crippen LogP contribution in [-0.4, -0.2) is 22.5 Å². The normalized spacial score (nSPS) is 10.3. The van der Waals surface area contributed by atoms with E-state index in [2.05, 4.69) is 9.97 Å². The third-order valence-electron chi connectivity index (χ3n) is 2.54. The molecule has 1 aromatic heterocycles. The number of esters is 1. The Morgan fingerprint density at radius 2 is 2.00 bits per heavy atom. The second kappa shape index (κ2) is 5.80. The zero-order valence-electron chi connectivity index (χ0n) is 10.7. The van der Waals surface area contributed by atoms with Crippen molar-refractivity contribution >= 4 is 17.6 Å². The molecular weight excluding hydrogens is 264 g/mol. The maximum atomic E-state index is 11.8. The Balaban J connectivity index is 2.40. The Bertz CT molecular complexity index is 597. The fourth-order valence-electron chi connectivity index (χ4n) is 1.59. The summed E-state index contributed by atoms with van der Waals surface area (Å²) in [4.78, 5) is 20.3. The molecular formula is C14H13ClN2O2. The minimum atomic E-state index is -0.433. The Morgan fingerprint density at radius 1 is 1.32 bits per heavy atom. The summed E-state index contributed by atoms with van der Waals surface area (Å²) in [5, 5.41) is 0.640. The lowest BCUT2D eigenvalue weighted by molar-refractivity contribution is 0.0518. The maximum Gasteiger partial charge on any atom is 0.357 e. The molecule has 0 bridgehead atoms. The molecule has 0 spiro atoms. The molecule has 5 heteroatoms. The summed E-state index contributed by atoms with van der Waals surface area (Å²) in [5.41, 5.74) is 1.79. The number of halogens is 1. The predicted molar refractivity (Wildman–Crippen MR) is 73.2 cm³/mol. The molecule has 0 radical (unpaired) electrons. The van der Waals surface area contributed by atoms with Gasteiger partial charge in [0, 0.05) is 22.3 Å². The lowest BCUT2D eigenvalue weighted by atomic mass is 10.2. The fraction of sp³-hybridized carbons (Fsp3) is 0.214. The van der Waals surface area contributed by atoms with Crippen LogP contribution in [0.4, 0.5) is 0 Å². The van der Waals surface area contributed by atoms with Crippen molar-refractivity contribution in [2.24, 2.45) is 0 Å². The minimum Gasteiger partial charge on any atom is -0.461 e. The van der Waals surface area contributed by atoms with Crippen molar-refractivity contribution in [1.29, 1.82) is 0 Å². The van der Waals surface area contributed by atoms with Gasteiger partial charge in [-0.3, -0.25) is 0 Å². The van der Waals surface area contributed by atoms with Gasteiger partial charge in [0.15, 0.2) is 11.5 Å². The molecule has 4 nitrogen and oxygen atoms in total. The second-order valence-corrected chi connectivity index (χ2v) is 4.39. The number of aryl methyl sites for hydroxylation is 1. The number of carbonyl (C=O) groups is 1. The molecule has 2 rings (SSSR count). The number of nitrogens with zero attached hydrogens (tertiary/aromatic N) is 2. The van der Waals surface area contributed by atoms with E-state index in [1.165, 1.54) is 0 Å². The van der Waals surface area contributed by atoms with Gasteiger partial charge in [0.2, 0.25) is 0 Å². The Morgan fingerprint density at radius 3 is 2.63 bits per heavy atom. The van der Waals surface area contributed by atoms with Gasteiger partial charge in [-0.15, -0.1) is 0 Å². The second-order valence-electron chi connectivity index (χ2n) is 3.95. The number of hydrogen-bond acceptors (Lipinski definition) is 4. The van der Waals surface area contributed by atoms with E-state index in [1.54, 1.807) is 32.2 Å². The topological polar surface area (TPSA) is 52.1 Å². The van der Waals surface area contributed by atoms with Crippen molar-refractivity contribution < 1.29 is 9.53 Å². The van der Waals surface area contributed by atoms with Gasteiger partial charge in [-0.1, -0.05) is 11.6 Å². The first kappa shape index (κ1) is 13.5. The molecule has 1 heterocycles. The largest absolute Gasteiger partial charge is 0.461 e. The van der Waals surface area contributed by atoms with Crippen molar-refractivity contribution in [2.45, 2.75) is 13.8 Å². The van der Waals surface area contributed by atoms with Crippen molar-refractivity contribution in [3.8, 4) is 11.4 Å². The molecule has 0 aliphatic carbocycles. The van der Waals surface area contributed by atoms with E-state index in [1.807, 2.05) is 12.1 Å². The first-order chi connectivity index (χ1) is 9.11. The smallest absolute Gasteiger partial charge is 0.357 e. The SMILES string of the molecule is CCOC(=O)c1nc(-c2ccc(Cl)cc2)ncc1C. The van der Waals surface area contributed by atoms with Gasteiger partial charge in [-0.2, -0.15) is 0 Å². The molecule has 0 N–H and O–H groups in total. The molecule has 98 valence electrons. The summed E-state index contributed by atoms with van der Waals surface area (Å²) in [7, 11) is 0. The minimum absolute atomic E-state index is 0.293. The van der Waals surface area contributed by atoms with Crippen LogP contribution in [0.5, 0.6) is 0 Å². The molecule has 0 saturated heterocycles. The van der Waals surface area contributed by atoms with Gasteiger partial charge in [0.25, 0.3) is 0 Å². The maximum absolute atomic E-state index is 11.8. The van der Waals surface area contributed by atoms with Gasteiger partial charge in [0.05, 0.1) is 6.61 Å². The molecule has 0 aliphatic heterocycles. The van der Waals surface area contributed by atoms with Crippen LogP contribution < -0.4 is 0 Å². The monoisotopic (exact) mass is 276 g/mol. The van der Waals surface area contributed by atoms with Crippen LogP contribution in [0, 0.1) is 6.92 Å². The van der Waals surface area contributed by atoms with E-state index in [-0.39, 0.29) is 0 Å². The van der Waals surface area contributed by atoms with Crippen LogP contribution >= 0.6 is 11.6 Å². The quantitative estimate of drug-likeness (QED) is 0.807. The van der Waals surface area contributed by atoms with Gasteiger partial charge in [-0.05, 0) is 38.1 Å². The molecule has 0 amide bonds. The highest BCUT2D eigenvalue weighted by Gasteiger charge is 2.14. The molecule has 2 aromatic rings. The molecule has 19 heavy (non-hydrogen) atoms. The van der Waals surface area contributed by atoms with Crippen molar-refractivity contribution in [3.63, 3.8) is 0 Å². The van der Waals surface area contributed by atoms with Crippen LogP contribution in [0.15, 0.2) is 30.5 Å². The summed E-state index contributed by atoms with van der Waals surface area (Å²) in [6.45, 7) is 3.85. The average Bonchev–Trinajstić information content (AvgIpc) is 2.40. The standard InChI is InChI=1S/C14H13ClN2O2/c1-3-19-14(18)12-9(2)8-16-13(17-12)10-4-6-11(15)7-5-10/h4-8H,3H2,1-2H3. The van der Waals surface area contributed by atoms with Crippen molar-refractivity contribution in [3.05, 3.63) is 46.7 Å². The number of carbonyl (C=O) groups excluding carboxylic acids is 1. The van der Waals surface area contributed by atoms with E-state index >= 15 is 0 Å². The highest BCUT2D eigenvalue weighted by Crippen LogP contribution is 2.19. The van der Waals surface area contributed by atoms with Gasteiger partial charge in [0.1, 0.15) is 0 Å². The van der Waals surface area contributed by atoms with Crippen molar-refractivity contribution in [1.82, 2.24) is 9.97 Å². The summed E-state index contributed by atoms with van der Waals surface area (Å²) < 4.78 is 4.97. The van der Waals surface area contributed by atoms with E-state index in [0.717, 1.165) is 5.56 Å². The number of aromatic nitrogens is 2. The zero-order chi connectivity index (χ0) is 13.8. The van der Waals surface area contributed by atoms with Crippen LogP contribution in [0.1, 0.15) is 23.0 Å². The zero-order valence-corrected chi connectivity index (χ0v) is 11.4. The van der Waals surface area contributed by atoms with Crippen LogP contribution in [-0.2, 0) is 4.74 Å². The van der Waals surface area contributed by atoms with E-state index in [4.69, 9.17) is 16.3 Å². The molecule has 0 unspecified atom stereocenters.